The van der Waals surface area contributed by atoms with Gasteiger partial charge in [0.15, 0.2) is 5.82 Å². The lowest BCUT2D eigenvalue weighted by molar-refractivity contribution is 0.622. The van der Waals surface area contributed by atoms with Crippen molar-refractivity contribution in [3.8, 4) is 0 Å². The molecular weight excluding hydrogens is 222 g/mol. The molecule has 16 heavy (non-hydrogen) atoms. The van der Waals surface area contributed by atoms with Gasteiger partial charge < -0.3 is 10.6 Å². The number of nitrogens with zero attached hydrogens (tertiary/aromatic N) is 2. The van der Waals surface area contributed by atoms with Crippen LogP contribution in [0.25, 0.3) is 0 Å². The molecule has 2 atom stereocenters. The van der Waals surface area contributed by atoms with Crippen LogP contribution in [0, 0.1) is 0 Å². The first-order valence-electron chi connectivity index (χ1n) is 5.82. The normalized spacial score (nSPS) is 25.1. The molecule has 0 saturated carbocycles. The van der Waals surface area contributed by atoms with Crippen molar-refractivity contribution in [2.45, 2.75) is 45.2 Å². The summed E-state index contributed by atoms with van der Waals surface area (Å²) in [7, 11) is 0. The summed E-state index contributed by atoms with van der Waals surface area (Å²) < 4.78 is 0. The van der Waals surface area contributed by atoms with Crippen LogP contribution in [-0.2, 0) is 0 Å². The van der Waals surface area contributed by atoms with Gasteiger partial charge in [0.1, 0.15) is 0 Å². The predicted octanol–water partition coefficient (Wildman–Crippen LogP) is 3.08. The molecule has 1 saturated heterocycles. The Bertz CT molecular complexity index is 381. The van der Waals surface area contributed by atoms with Gasteiger partial charge in [-0.1, -0.05) is 18.5 Å². The lowest BCUT2D eigenvalue weighted by Gasteiger charge is -2.30. The van der Waals surface area contributed by atoms with Gasteiger partial charge in [-0.3, -0.25) is 0 Å². The van der Waals surface area contributed by atoms with E-state index in [2.05, 4.69) is 23.7 Å². The van der Waals surface area contributed by atoms with Gasteiger partial charge in [0, 0.05) is 18.3 Å². The summed E-state index contributed by atoms with van der Waals surface area (Å²) >= 11 is 5.87. The fourth-order valence-electron chi connectivity index (χ4n) is 2.52. The van der Waals surface area contributed by atoms with Gasteiger partial charge >= 0.3 is 0 Å². The largest absolute Gasteiger partial charge is 0.396 e. The van der Waals surface area contributed by atoms with Crippen LogP contribution in [0.3, 0.4) is 0 Å². The molecule has 0 radical (unpaired) electrons. The highest BCUT2D eigenvalue weighted by atomic mass is 35.5. The van der Waals surface area contributed by atoms with E-state index < -0.39 is 0 Å². The zero-order chi connectivity index (χ0) is 11.7. The van der Waals surface area contributed by atoms with Gasteiger partial charge in [-0.2, -0.15) is 0 Å². The maximum absolute atomic E-state index is 5.99. The van der Waals surface area contributed by atoms with Crippen molar-refractivity contribution >= 4 is 23.1 Å². The quantitative estimate of drug-likeness (QED) is 0.863. The molecule has 0 bridgehead atoms. The van der Waals surface area contributed by atoms with Gasteiger partial charge in [-0.05, 0) is 32.3 Å². The Kier molecular flexibility index (Phi) is 3.24. The highest BCUT2D eigenvalue weighted by Crippen LogP contribution is 2.34. The van der Waals surface area contributed by atoms with Crippen molar-refractivity contribution in [2.24, 2.45) is 0 Å². The van der Waals surface area contributed by atoms with E-state index >= 15 is 0 Å². The van der Waals surface area contributed by atoms with Gasteiger partial charge in [0.25, 0.3) is 0 Å². The minimum Gasteiger partial charge on any atom is -0.396 e. The van der Waals surface area contributed by atoms with Crippen LogP contribution >= 0.6 is 11.6 Å². The Morgan fingerprint density at radius 2 is 2.31 bits per heavy atom. The molecule has 0 aromatic carbocycles. The number of pyridine rings is 1. The number of aromatic nitrogens is 1. The van der Waals surface area contributed by atoms with Crippen molar-refractivity contribution in [3.63, 3.8) is 0 Å². The molecule has 0 amide bonds. The van der Waals surface area contributed by atoms with Crippen LogP contribution in [0.2, 0.25) is 5.02 Å². The molecule has 1 aliphatic rings. The van der Waals surface area contributed by atoms with E-state index in [9.17, 15) is 0 Å². The molecule has 4 heteroatoms. The summed E-state index contributed by atoms with van der Waals surface area (Å²) in [5, 5.41) is 0.598. The number of hydrogen-bond acceptors (Lipinski definition) is 3. The highest BCUT2D eigenvalue weighted by Gasteiger charge is 2.31. The van der Waals surface area contributed by atoms with Gasteiger partial charge in [0.2, 0.25) is 0 Å². The fourth-order valence-corrected chi connectivity index (χ4v) is 2.68. The van der Waals surface area contributed by atoms with Crippen LogP contribution < -0.4 is 10.6 Å². The average Bonchev–Trinajstić information content (AvgIpc) is 2.60. The van der Waals surface area contributed by atoms with Gasteiger partial charge in [0.05, 0.1) is 10.7 Å². The number of nitrogens with two attached hydrogens (primary N) is 1. The number of rotatable bonds is 2. The molecule has 2 N–H and O–H groups in total. The second kappa shape index (κ2) is 4.50. The molecule has 88 valence electrons. The van der Waals surface area contributed by atoms with Crippen molar-refractivity contribution in [1.82, 2.24) is 4.98 Å². The molecule has 1 aromatic rings. The minimum absolute atomic E-state index is 0.515. The summed E-state index contributed by atoms with van der Waals surface area (Å²) in [6.45, 7) is 4.44. The van der Waals surface area contributed by atoms with Gasteiger partial charge in [-0.15, -0.1) is 0 Å². The number of halogens is 1. The number of hydrogen-bond donors (Lipinski definition) is 1. The SMILES string of the molecule is CCC1CCC(C)N1c1ncc(Cl)cc1N. The molecule has 3 nitrogen and oxygen atoms in total. The summed E-state index contributed by atoms with van der Waals surface area (Å²) in [4.78, 5) is 6.72. The average molecular weight is 240 g/mol. The molecule has 1 fully saturated rings. The van der Waals surface area contributed by atoms with Crippen molar-refractivity contribution < 1.29 is 0 Å². The molecule has 2 rings (SSSR count). The molecule has 1 aliphatic heterocycles. The lowest BCUT2D eigenvalue weighted by atomic mass is 10.1. The minimum atomic E-state index is 0.515. The van der Waals surface area contributed by atoms with Crippen LogP contribution in [0.15, 0.2) is 12.3 Å². The van der Waals surface area contributed by atoms with E-state index in [-0.39, 0.29) is 0 Å². The summed E-state index contributed by atoms with van der Waals surface area (Å²) in [5.74, 6) is 0.890. The zero-order valence-electron chi connectivity index (χ0n) is 9.78. The van der Waals surface area contributed by atoms with Gasteiger partial charge in [-0.25, -0.2) is 4.98 Å². The first kappa shape index (κ1) is 11.5. The second-order valence-corrected chi connectivity index (χ2v) is 4.90. The molecule has 0 aliphatic carbocycles. The summed E-state index contributed by atoms with van der Waals surface area (Å²) in [6, 6.07) is 2.86. The van der Waals surface area contributed by atoms with E-state index in [0.717, 1.165) is 12.2 Å². The molecule has 2 unspecified atom stereocenters. The van der Waals surface area contributed by atoms with Crippen molar-refractivity contribution in [1.29, 1.82) is 0 Å². The smallest absolute Gasteiger partial charge is 0.152 e. The molecule has 1 aromatic heterocycles. The van der Waals surface area contributed by atoms with Crippen LogP contribution in [0.1, 0.15) is 33.1 Å². The predicted molar refractivity (Wildman–Crippen MR) is 68.9 cm³/mol. The van der Waals surface area contributed by atoms with E-state index in [0.29, 0.717) is 22.8 Å². The molecule has 0 spiro atoms. The van der Waals surface area contributed by atoms with E-state index in [4.69, 9.17) is 17.3 Å². The van der Waals surface area contributed by atoms with E-state index in [1.54, 1.807) is 12.3 Å². The monoisotopic (exact) mass is 239 g/mol. The van der Waals surface area contributed by atoms with Crippen LogP contribution in [0.5, 0.6) is 0 Å². The fraction of sp³-hybridized carbons (Fsp3) is 0.583. The highest BCUT2D eigenvalue weighted by molar-refractivity contribution is 6.30. The Hall–Kier alpha value is -0.960. The summed E-state index contributed by atoms with van der Waals surface area (Å²) in [5.41, 5.74) is 6.67. The first-order valence-corrected chi connectivity index (χ1v) is 6.20. The second-order valence-electron chi connectivity index (χ2n) is 4.46. The lowest BCUT2D eigenvalue weighted by Crippen LogP contribution is -2.35. The Labute approximate surface area is 102 Å². The number of nitrogen functional groups attached to an aromatic ring is 1. The third-order valence-corrected chi connectivity index (χ3v) is 3.57. The van der Waals surface area contributed by atoms with E-state index in [1.807, 2.05) is 0 Å². The Morgan fingerprint density at radius 1 is 1.56 bits per heavy atom. The topological polar surface area (TPSA) is 42.2 Å². The molecular formula is C12H18ClN3. The zero-order valence-corrected chi connectivity index (χ0v) is 10.5. The van der Waals surface area contributed by atoms with Crippen LogP contribution in [0.4, 0.5) is 11.5 Å². The van der Waals surface area contributed by atoms with Crippen LogP contribution in [-0.4, -0.2) is 17.1 Å². The maximum Gasteiger partial charge on any atom is 0.152 e. The first-order chi connectivity index (χ1) is 7.63. The number of anilines is 2. The Balaban J connectivity index is 2.34. The third kappa shape index (κ3) is 1.96. The maximum atomic E-state index is 5.99. The van der Waals surface area contributed by atoms with Crippen molar-refractivity contribution in [3.05, 3.63) is 17.3 Å². The van der Waals surface area contributed by atoms with E-state index in [1.165, 1.54) is 12.8 Å². The third-order valence-electron chi connectivity index (χ3n) is 3.36. The Morgan fingerprint density at radius 3 is 2.94 bits per heavy atom. The standard InChI is InChI=1S/C12H18ClN3/c1-3-10-5-4-8(2)16(10)12-11(14)6-9(13)7-15-12/h6-8,10H,3-5,14H2,1-2H3. The molecule has 2 heterocycles. The summed E-state index contributed by atoms with van der Waals surface area (Å²) in [6.07, 6.45) is 5.24. The van der Waals surface area contributed by atoms with Crippen molar-refractivity contribution in [2.75, 3.05) is 10.6 Å².